The molecule has 3 aromatic heterocycles. The minimum Gasteiger partial charge on any atom is -0.467 e. The number of piperazine rings is 1. The Morgan fingerprint density at radius 3 is 2.64 bits per heavy atom. The summed E-state index contributed by atoms with van der Waals surface area (Å²) in [4.78, 5) is 25.0. The Hall–Kier alpha value is -5.35. The molecule has 1 aliphatic heterocycles. The summed E-state index contributed by atoms with van der Waals surface area (Å²) in [5.41, 5.74) is 3.06. The van der Waals surface area contributed by atoms with Crippen LogP contribution in [0.3, 0.4) is 0 Å². The highest BCUT2D eigenvalue weighted by molar-refractivity contribution is 6.14. The summed E-state index contributed by atoms with van der Waals surface area (Å²) < 4.78 is 12.9. The molecular formula is C29H28N10O3. The van der Waals surface area contributed by atoms with Gasteiger partial charge in [0.1, 0.15) is 11.6 Å². The normalized spacial score (nSPS) is 16.8. The number of hydrogen-bond donors (Lipinski definition) is 2. The Kier molecular flexibility index (Phi) is 6.97. The topological polar surface area (TPSA) is 156 Å². The van der Waals surface area contributed by atoms with Crippen molar-refractivity contribution in [2.75, 3.05) is 30.4 Å². The maximum atomic E-state index is 13.8. The maximum absolute atomic E-state index is 13.8. The van der Waals surface area contributed by atoms with Crippen LogP contribution in [0.25, 0.3) is 21.8 Å². The zero-order chi connectivity index (χ0) is 29.4. The van der Waals surface area contributed by atoms with E-state index in [1.807, 2.05) is 24.4 Å². The van der Waals surface area contributed by atoms with E-state index >= 15 is 0 Å². The lowest BCUT2D eigenvalue weighted by Crippen LogP contribution is -2.54. The fourth-order valence-electron chi connectivity index (χ4n) is 5.29. The molecule has 2 atom stereocenters. The van der Waals surface area contributed by atoms with Crippen LogP contribution in [0.5, 0.6) is 17.6 Å². The number of amides is 1. The quantitative estimate of drug-likeness (QED) is 0.311. The number of rotatable bonds is 6. The van der Waals surface area contributed by atoms with Gasteiger partial charge in [-0.3, -0.25) is 9.48 Å². The van der Waals surface area contributed by atoms with E-state index in [-0.39, 0.29) is 23.5 Å². The van der Waals surface area contributed by atoms with Crippen LogP contribution in [-0.2, 0) is 7.05 Å². The number of aromatic nitrogens is 6. The highest BCUT2D eigenvalue weighted by Gasteiger charge is 2.25. The van der Waals surface area contributed by atoms with Crippen molar-refractivity contribution >= 4 is 39.1 Å². The van der Waals surface area contributed by atoms with E-state index in [1.165, 1.54) is 13.2 Å². The van der Waals surface area contributed by atoms with Gasteiger partial charge in [-0.25, -0.2) is 4.98 Å². The Balaban J connectivity index is 1.36. The molecule has 1 fully saturated rings. The summed E-state index contributed by atoms with van der Waals surface area (Å²) in [6, 6.07) is 13.0. The van der Waals surface area contributed by atoms with Crippen LogP contribution in [0.4, 0.5) is 11.4 Å². The molecule has 13 heteroatoms. The monoisotopic (exact) mass is 564 g/mol. The third-order valence-corrected chi connectivity index (χ3v) is 6.95. The molecule has 1 amide bonds. The molecule has 5 aromatic rings. The molecule has 13 nitrogen and oxygen atoms in total. The SMILES string of the molecule is COc1ncc2c(N3C[C@@H](C)N[C@H](C)C3)ccc(C(=O)Nc3cc(Oc4ccc(C#N)nn4)c4nn(C)cc4c3)c2n1. The summed E-state index contributed by atoms with van der Waals surface area (Å²) in [5.74, 6) is 0.196. The van der Waals surface area contributed by atoms with Gasteiger partial charge in [-0.05, 0) is 38.1 Å². The number of fused-ring (bicyclic) bond motifs is 2. The predicted molar refractivity (Wildman–Crippen MR) is 156 cm³/mol. The third kappa shape index (κ3) is 5.23. The standard InChI is InChI=1S/C29H28N10O3/c1-16-13-39(14-17(2)32-16)23-7-6-21(27-22(23)12-31-29(34-27)41-4)28(40)33-20-9-18-15-38(3)37-26(18)24(10-20)42-25-8-5-19(11-30)35-36-25/h5-10,12,15-17,32H,13-14H2,1-4H3,(H,33,40)/t16-,17-/m1/s1. The lowest BCUT2D eigenvalue weighted by Gasteiger charge is -2.38. The number of aryl methyl sites for hydroxylation is 1. The Morgan fingerprint density at radius 1 is 1.12 bits per heavy atom. The highest BCUT2D eigenvalue weighted by atomic mass is 16.5. The second-order valence-corrected chi connectivity index (χ2v) is 10.3. The van der Waals surface area contributed by atoms with E-state index in [0.717, 1.165) is 29.5 Å². The summed E-state index contributed by atoms with van der Waals surface area (Å²) in [5, 5.41) is 29.3. The third-order valence-electron chi connectivity index (χ3n) is 6.95. The number of nitrogens with zero attached hydrogens (tertiary/aromatic N) is 8. The van der Waals surface area contributed by atoms with Crippen molar-refractivity contribution < 1.29 is 14.3 Å². The molecule has 42 heavy (non-hydrogen) atoms. The summed E-state index contributed by atoms with van der Waals surface area (Å²) in [6.07, 6.45) is 3.52. The van der Waals surface area contributed by atoms with Crippen molar-refractivity contribution in [2.24, 2.45) is 7.05 Å². The zero-order valence-corrected chi connectivity index (χ0v) is 23.5. The molecule has 0 spiro atoms. The van der Waals surface area contributed by atoms with Gasteiger partial charge in [0, 0.05) is 78.9 Å². The average Bonchev–Trinajstić information content (AvgIpc) is 3.36. The molecule has 1 aliphatic rings. The van der Waals surface area contributed by atoms with Crippen LogP contribution < -0.4 is 25.0 Å². The zero-order valence-electron chi connectivity index (χ0n) is 23.5. The van der Waals surface area contributed by atoms with Crippen molar-refractivity contribution in [3.05, 3.63) is 60.0 Å². The Morgan fingerprint density at radius 2 is 1.93 bits per heavy atom. The number of nitriles is 1. The number of anilines is 2. The van der Waals surface area contributed by atoms with Crippen molar-refractivity contribution in [1.29, 1.82) is 5.26 Å². The number of nitrogens with one attached hydrogen (secondary N) is 2. The highest BCUT2D eigenvalue weighted by Crippen LogP contribution is 2.34. The molecule has 1 saturated heterocycles. The van der Waals surface area contributed by atoms with E-state index in [9.17, 15) is 4.79 Å². The number of ether oxygens (including phenoxy) is 2. The predicted octanol–water partition coefficient (Wildman–Crippen LogP) is 3.42. The molecule has 212 valence electrons. The maximum Gasteiger partial charge on any atom is 0.316 e. The molecule has 6 rings (SSSR count). The Labute approximate surface area is 241 Å². The molecular weight excluding hydrogens is 536 g/mol. The average molecular weight is 565 g/mol. The van der Waals surface area contributed by atoms with Gasteiger partial charge < -0.3 is 25.0 Å². The molecule has 4 heterocycles. The van der Waals surface area contributed by atoms with Crippen LogP contribution >= 0.6 is 0 Å². The Bertz CT molecular complexity index is 1840. The number of carbonyl (C=O) groups excluding carboxylic acids is 1. The molecule has 0 saturated carbocycles. The first-order chi connectivity index (χ1) is 20.3. The number of hydrogen-bond acceptors (Lipinski definition) is 11. The van der Waals surface area contributed by atoms with E-state index in [4.69, 9.17) is 14.7 Å². The lowest BCUT2D eigenvalue weighted by atomic mass is 10.0. The van der Waals surface area contributed by atoms with Crippen molar-refractivity contribution in [1.82, 2.24) is 35.3 Å². The summed E-state index contributed by atoms with van der Waals surface area (Å²) >= 11 is 0. The molecule has 0 aliphatic carbocycles. The number of benzene rings is 2. The van der Waals surface area contributed by atoms with Gasteiger partial charge in [-0.2, -0.15) is 15.3 Å². The van der Waals surface area contributed by atoms with Crippen molar-refractivity contribution in [3.63, 3.8) is 0 Å². The number of methoxy groups -OCH3 is 1. The van der Waals surface area contributed by atoms with Crippen LogP contribution in [0.15, 0.2) is 48.8 Å². The fraction of sp³-hybridized carbons (Fsp3) is 0.276. The molecule has 0 radical (unpaired) electrons. The first-order valence-corrected chi connectivity index (χ1v) is 13.4. The van der Waals surface area contributed by atoms with Gasteiger partial charge >= 0.3 is 6.01 Å². The van der Waals surface area contributed by atoms with Gasteiger partial charge in [0.15, 0.2) is 11.4 Å². The van der Waals surface area contributed by atoms with Crippen molar-refractivity contribution in [2.45, 2.75) is 25.9 Å². The van der Waals surface area contributed by atoms with Gasteiger partial charge in [-0.15, -0.1) is 10.2 Å². The molecule has 2 N–H and O–H groups in total. The largest absolute Gasteiger partial charge is 0.467 e. The summed E-state index contributed by atoms with van der Waals surface area (Å²) in [7, 11) is 3.29. The van der Waals surface area contributed by atoms with Crippen LogP contribution in [0, 0.1) is 11.3 Å². The van der Waals surface area contributed by atoms with E-state index < -0.39 is 0 Å². The van der Waals surface area contributed by atoms with E-state index in [0.29, 0.717) is 40.1 Å². The second-order valence-electron chi connectivity index (χ2n) is 10.3. The fourth-order valence-corrected chi connectivity index (χ4v) is 5.29. The van der Waals surface area contributed by atoms with Crippen LogP contribution in [-0.4, -0.2) is 68.1 Å². The minimum absolute atomic E-state index is 0.172. The van der Waals surface area contributed by atoms with Gasteiger partial charge in [0.05, 0.1) is 18.2 Å². The number of carbonyl (C=O) groups is 1. The molecule has 0 unspecified atom stereocenters. The van der Waals surface area contributed by atoms with Crippen LogP contribution in [0.2, 0.25) is 0 Å². The van der Waals surface area contributed by atoms with Gasteiger partial charge in [0.25, 0.3) is 5.91 Å². The second kappa shape index (κ2) is 10.9. The minimum atomic E-state index is -0.360. The molecule has 0 bridgehead atoms. The van der Waals surface area contributed by atoms with E-state index in [2.05, 4.69) is 54.6 Å². The van der Waals surface area contributed by atoms with Crippen LogP contribution in [0.1, 0.15) is 29.9 Å². The first kappa shape index (κ1) is 26.9. The van der Waals surface area contributed by atoms with Crippen molar-refractivity contribution in [3.8, 4) is 23.7 Å². The van der Waals surface area contributed by atoms with E-state index in [1.54, 1.807) is 36.1 Å². The molecule has 2 aromatic carbocycles. The van der Waals surface area contributed by atoms with Gasteiger partial charge in [-0.1, -0.05) is 0 Å². The summed E-state index contributed by atoms with van der Waals surface area (Å²) in [6.45, 7) is 5.93. The lowest BCUT2D eigenvalue weighted by molar-refractivity contribution is 0.102. The van der Waals surface area contributed by atoms with Gasteiger partial charge in [0.2, 0.25) is 5.88 Å². The first-order valence-electron chi connectivity index (χ1n) is 13.4. The smallest absolute Gasteiger partial charge is 0.316 e.